The van der Waals surface area contributed by atoms with Crippen molar-refractivity contribution in [2.45, 2.75) is 297 Å². The number of carbonyl (C=O) groups is 3. The summed E-state index contributed by atoms with van der Waals surface area (Å²) in [6, 6.07) is 0. The molecule has 6 nitrogen and oxygen atoms in total. The van der Waals surface area contributed by atoms with Gasteiger partial charge in [0.25, 0.3) is 0 Å². The Morgan fingerprint density at radius 3 is 0.795 bits per heavy atom. The van der Waals surface area contributed by atoms with Gasteiger partial charge >= 0.3 is 17.9 Å². The molecule has 1 unspecified atom stereocenters. The summed E-state index contributed by atoms with van der Waals surface area (Å²) in [7, 11) is 0. The molecule has 0 saturated carbocycles. The summed E-state index contributed by atoms with van der Waals surface area (Å²) in [4.78, 5) is 38.4. The van der Waals surface area contributed by atoms with Crippen LogP contribution in [0.2, 0.25) is 0 Å². The summed E-state index contributed by atoms with van der Waals surface area (Å²) in [6.45, 7) is 6.35. The summed E-state index contributed by atoms with van der Waals surface area (Å²) in [6.07, 6.45) is 101. The number of allylic oxidation sites excluding steroid dienone is 26. The van der Waals surface area contributed by atoms with Crippen molar-refractivity contribution in [3.63, 3.8) is 0 Å². The van der Waals surface area contributed by atoms with Crippen molar-refractivity contribution in [1.82, 2.24) is 0 Å². The van der Waals surface area contributed by atoms with Gasteiger partial charge in [0.1, 0.15) is 13.2 Å². The second-order valence-electron chi connectivity index (χ2n) is 22.0. The van der Waals surface area contributed by atoms with Crippen LogP contribution in [0.25, 0.3) is 0 Å². The van der Waals surface area contributed by atoms with Crippen molar-refractivity contribution in [3.05, 3.63) is 158 Å². The molecule has 0 aliphatic heterocycles. The van der Waals surface area contributed by atoms with Crippen LogP contribution in [0.5, 0.6) is 0 Å². The van der Waals surface area contributed by atoms with Gasteiger partial charge < -0.3 is 14.2 Å². The molecule has 0 aliphatic carbocycles. The van der Waals surface area contributed by atoms with E-state index in [0.717, 1.165) is 122 Å². The maximum atomic E-state index is 12.9. The van der Waals surface area contributed by atoms with Gasteiger partial charge in [-0.05, 0) is 135 Å². The molecular weight excluding hydrogens is 1020 g/mol. The van der Waals surface area contributed by atoms with E-state index >= 15 is 0 Å². The molecule has 0 radical (unpaired) electrons. The summed E-state index contributed by atoms with van der Waals surface area (Å²) in [5.41, 5.74) is 0. The van der Waals surface area contributed by atoms with E-state index in [1.165, 1.54) is 122 Å². The van der Waals surface area contributed by atoms with E-state index in [9.17, 15) is 14.4 Å². The van der Waals surface area contributed by atoms with Gasteiger partial charge in [0.15, 0.2) is 6.10 Å². The lowest BCUT2D eigenvalue weighted by Gasteiger charge is -2.18. The highest BCUT2D eigenvalue weighted by molar-refractivity contribution is 5.71. The molecule has 0 bridgehead atoms. The monoisotopic (exact) mass is 1140 g/mol. The Morgan fingerprint density at radius 2 is 0.494 bits per heavy atom. The molecule has 0 N–H and O–H groups in total. The van der Waals surface area contributed by atoms with Gasteiger partial charge in [0, 0.05) is 19.3 Å². The quantitative estimate of drug-likeness (QED) is 0.0261. The van der Waals surface area contributed by atoms with Crippen LogP contribution in [0.1, 0.15) is 290 Å². The molecule has 0 fully saturated rings. The molecule has 0 aromatic rings. The second kappa shape index (κ2) is 69.5. The molecule has 0 aliphatic rings. The Bertz CT molecular complexity index is 1840. The Hall–Kier alpha value is -4.97. The number of ether oxygens (including phenoxy) is 3. The number of rotatable bonds is 60. The van der Waals surface area contributed by atoms with E-state index in [1.54, 1.807) is 0 Å². The summed E-state index contributed by atoms with van der Waals surface area (Å²) < 4.78 is 16.9. The zero-order chi connectivity index (χ0) is 59.9. The lowest BCUT2D eigenvalue weighted by Crippen LogP contribution is -2.30. The molecule has 0 saturated heterocycles. The fourth-order valence-electron chi connectivity index (χ4n) is 9.00. The van der Waals surface area contributed by atoms with Gasteiger partial charge in [-0.2, -0.15) is 0 Å². The summed E-state index contributed by atoms with van der Waals surface area (Å²) in [5.74, 6) is -1.01. The molecule has 0 aromatic heterocycles. The van der Waals surface area contributed by atoms with Crippen molar-refractivity contribution >= 4 is 17.9 Å². The maximum Gasteiger partial charge on any atom is 0.306 e. The maximum absolute atomic E-state index is 12.9. The van der Waals surface area contributed by atoms with Crippen molar-refractivity contribution in [2.75, 3.05) is 13.2 Å². The molecule has 0 spiro atoms. The minimum Gasteiger partial charge on any atom is -0.462 e. The third-order valence-corrected chi connectivity index (χ3v) is 14.0. The third-order valence-electron chi connectivity index (χ3n) is 14.0. The number of hydrogen-bond donors (Lipinski definition) is 0. The Labute approximate surface area is 511 Å². The molecule has 6 heteroatoms. The first-order valence-electron chi connectivity index (χ1n) is 34.0. The average Bonchev–Trinajstić information content (AvgIpc) is 3.49. The lowest BCUT2D eigenvalue weighted by molar-refractivity contribution is -0.166. The van der Waals surface area contributed by atoms with E-state index in [2.05, 4.69) is 173 Å². The van der Waals surface area contributed by atoms with Gasteiger partial charge in [0.05, 0.1) is 0 Å². The van der Waals surface area contributed by atoms with Gasteiger partial charge in [-0.1, -0.05) is 294 Å². The summed E-state index contributed by atoms with van der Waals surface area (Å²) in [5, 5.41) is 0. The largest absolute Gasteiger partial charge is 0.462 e. The first kappa shape index (κ1) is 78.0. The average molecular weight is 1150 g/mol. The van der Waals surface area contributed by atoms with Crippen LogP contribution in [0.3, 0.4) is 0 Å². The predicted molar refractivity (Wildman–Crippen MR) is 362 cm³/mol. The minimum absolute atomic E-state index is 0.116. The first-order valence-corrected chi connectivity index (χ1v) is 34.0. The van der Waals surface area contributed by atoms with Crippen LogP contribution in [-0.2, 0) is 28.6 Å². The Morgan fingerprint density at radius 1 is 0.253 bits per heavy atom. The van der Waals surface area contributed by atoms with Gasteiger partial charge in [0.2, 0.25) is 0 Å². The Balaban J connectivity index is 4.45. The van der Waals surface area contributed by atoms with Gasteiger partial charge in [-0.3, -0.25) is 14.4 Å². The highest BCUT2D eigenvalue weighted by atomic mass is 16.6. The van der Waals surface area contributed by atoms with Gasteiger partial charge in [-0.25, -0.2) is 0 Å². The lowest BCUT2D eigenvalue weighted by atomic mass is 10.1. The van der Waals surface area contributed by atoms with E-state index < -0.39 is 12.1 Å². The van der Waals surface area contributed by atoms with Crippen LogP contribution in [0, 0.1) is 0 Å². The van der Waals surface area contributed by atoms with Crippen LogP contribution in [-0.4, -0.2) is 37.2 Å². The molecule has 0 rings (SSSR count). The molecule has 83 heavy (non-hydrogen) atoms. The first-order chi connectivity index (χ1) is 41.0. The fourth-order valence-corrected chi connectivity index (χ4v) is 9.00. The number of hydrogen-bond acceptors (Lipinski definition) is 6. The third kappa shape index (κ3) is 67.7. The zero-order valence-electron chi connectivity index (χ0n) is 53.7. The van der Waals surface area contributed by atoms with Crippen molar-refractivity contribution in [2.24, 2.45) is 0 Å². The predicted octanol–water partition coefficient (Wildman–Crippen LogP) is 23.7. The zero-order valence-corrected chi connectivity index (χ0v) is 53.7. The van der Waals surface area contributed by atoms with Crippen LogP contribution in [0.15, 0.2) is 158 Å². The molecule has 0 aromatic carbocycles. The van der Waals surface area contributed by atoms with Crippen molar-refractivity contribution < 1.29 is 28.6 Å². The molecule has 1 atom stereocenters. The number of carbonyl (C=O) groups excluding carboxylic acids is 3. The van der Waals surface area contributed by atoms with E-state index in [0.29, 0.717) is 19.3 Å². The topological polar surface area (TPSA) is 78.9 Å². The van der Waals surface area contributed by atoms with E-state index in [1.807, 2.05) is 6.08 Å². The van der Waals surface area contributed by atoms with E-state index in [-0.39, 0.29) is 31.6 Å². The normalized spacial score (nSPS) is 13.1. The number of unbranched alkanes of at least 4 members (excludes halogenated alkanes) is 23. The Kier molecular flexibility index (Phi) is 65.4. The van der Waals surface area contributed by atoms with Crippen molar-refractivity contribution in [1.29, 1.82) is 0 Å². The molecular formula is C77H124O6. The highest BCUT2D eigenvalue weighted by Crippen LogP contribution is 2.15. The molecule has 0 heterocycles. The number of esters is 3. The van der Waals surface area contributed by atoms with Crippen LogP contribution in [0.4, 0.5) is 0 Å². The molecule has 0 amide bonds. The van der Waals surface area contributed by atoms with Crippen LogP contribution < -0.4 is 0 Å². The summed E-state index contributed by atoms with van der Waals surface area (Å²) >= 11 is 0. The minimum atomic E-state index is -0.831. The highest BCUT2D eigenvalue weighted by Gasteiger charge is 2.19. The standard InChI is InChI=1S/C77H124O6/c1-4-7-10-13-16-19-22-25-28-31-33-34-35-36-37-38-39-40-41-42-44-46-49-52-55-58-61-64-67-70-76(79)82-73-74(72-81-75(78)69-66-63-60-57-54-51-48-45-30-27-24-21-18-15-12-9-6-3)83-77(80)71-68-65-62-59-56-53-50-47-43-32-29-26-23-20-17-14-11-8-5-2/h7-8,10-11,16-17,19-20,25-30,33-34,36-37,39-40,43,47,53,56,62,65,74H,4-6,9,12-15,18,21-24,31-32,35,38,41-42,44-46,48-52,54-55,57-61,63-64,66-73H2,1-3H3/b10-7-,11-8-,19-16-,20-17-,28-25-,29-26-,30-27-,34-33-,37-36-,40-39-,47-43-,56-53-,65-62-. The van der Waals surface area contributed by atoms with E-state index in [4.69, 9.17) is 14.2 Å². The SMILES string of the molecule is CC/C=C\C/C=C\C/C=C\C/C=C\C/C=C\C/C=C\CCCCCCCCCCCCC(=O)OCC(COC(=O)CCCCCCCCC/C=C\CCCCCCCC)OC(=O)CC/C=C\C/C=C\C/C=C\C/C=C\C/C=C\C/C=C\CC. The molecule has 468 valence electrons. The fraction of sp³-hybridized carbons (Fsp3) is 0.623. The van der Waals surface area contributed by atoms with Crippen molar-refractivity contribution in [3.8, 4) is 0 Å². The smallest absolute Gasteiger partial charge is 0.306 e. The van der Waals surface area contributed by atoms with Gasteiger partial charge in [-0.15, -0.1) is 0 Å². The second-order valence-corrected chi connectivity index (χ2v) is 22.0. The van der Waals surface area contributed by atoms with Crippen LogP contribution >= 0.6 is 0 Å².